The van der Waals surface area contributed by atoms with Crippen LogP contribution < -0.4 is 15.4 Å². The number of benzene rings is 3. The molecule has 2 N–H and O–H groups in total. The van der Waals surface area contributed by atoms with Crippen molar-refractivity contribution in [3.8, 4) is 5.75 Å². The second kappa shape index (κ2) is 11.3. The van der Waals surface area contributed by atoms with Crippen molar-refractivity contribution in [3.63, 3.8) is 0 Å². The quantitative estimate of drug-likeness (QED) is 0.198. The fourth-order valence-corrected chi connectivity index (χ4v) is 6.04. The van der Waals surface area contributed by atoms with Gasteiger partial charge >= 0.3 is 0 Å². The van der Waals surface area contributed by atoms with E-state index in [-0.39, 0.29) is 11.4 Å². The zero-order chi connectivity index (χ0) is 23.4. The molecular weight excluding hydrogens is 679 g/mol. The number of anilines is 1. The van der Waals surface area contributed by atoms with Gasteiger partial charge in [-0.2, -0.15) is 0 Å². The summed E-state index contributed by atoms with van der Waals surface area (Å²) in [4.78, 5) is 13.2. The van der Waals surface area contributed by atoms with E-state index in [1.807, 2.05) is 30.3 Å². The van der Waals surface area contributed by atoms with Gasteiger partial charge in [-0.25, -0.2) is 0 Å². The van der Waals surface area contributed by atoms with Gasteiger partial charge in [0.15, 0.2) is 5.50 Å². The highest BCUT2D eigenvalue weighted by Gasteiger charge is 2.27. The molecule has 0 aromatic heterocycles. The Morgan fingerprint density at radius 1 is 1.06 bits per heavy atom. The molecule has 1 aliphatic rings. The van der Waals surface area contributed by atoms with Gasteiger partial charge < -0.3 is 15.4 Å². The van der Waals surface area contributed by atoms with Crippen molar-refractivity contribution in [3.05, 3.63) is 94.8 Å². The molecule has 8 heteroatoms. The predicted octanol–water partition coefficient (Wildman–Crippen LogP) is 7.56. The van der Waals surface area contributed by atoms with Gasteiger partial charge in [-0.05, 0) is 120 Å². The van der Waals surface area contributed by atoms with E-state index in [4.69, 9.17) is 4.74 Å². The molecule has 33 heavy (non-hydrogen) atoms. The van der Waals surface area contributed by atoms with E-state index < -0.39 is 0 Å². The number of rotatable bonds is 7. The third-order valence-corrected chi connectivity index (χ3v) is 7.93. The van der Waals surface area contributed by atoms with Crippen LogP contribution in [0.3, 0.4) is 0 Å². The number of hydrogen-bond acceptors (Lipinski definition) is 4. The highest BCUT2D eigenvalue weighted by atomic mass is 127. The van der Waals surface area contributed by atoms with E-state index in [1.165, 1.54) is 20.9 Å². The second-order valence-corrected chi connectivity index (χ2v) is 11.5. The van der Waals surface area contributed by atoms with Gasteiger partial charge in [0.05, 0.1) is 13.9 Å². The molecule has 1 atom stereocenters. The van der Waals surface area contributed by atoms with E-state index >= 15 is 0 Å². The van der Waals surface area contributed by atoms with Crippen molar-refractivity contribution >= 4 is 83.9 Å². The Balaban J connectivity index is 1.43. The fourth-order valence-electron chi connectivity index (χ4n) is 3.24. The van der Waals surface area contributed by atoms with E-state index in [1.54, 1.807) is 0 Å². The van der Waals surface area contributed by atoms with Crippen molar-refractivity contribution in [2.75, 3.05) is 5.32 Å². The maximum absolute atomic E-state index is 12.5. The molecule has 0 bridgehead atoms. The van der Waals surface area contributed by atoms with Crippen LogP contribution in [0.15, 0.2) is 74.5 Å². The molecule has 4 rings (SSSR count). The van der Waals surface area contributed by atoms with Gasteiger partial charge in [-0.3, -0.25) is 4.79 Å². The van der Waals surface area contributed by atoms with Crippen LogP contribution in [0.4, 0.5) is 5.69 Å². The molecule has 0 unspecified atom stereocenters. The number of carbonyl (C=O) groups excluding carboxylic acids is 1. The molecule has 4 nitrogen and oxygen atoms in total. The van der Waals surface area contributed by atoms with Crippen LogP contribution >= 0.6 is 66.2 Å². The lowest BCUT2D eigenvalue weighted by Gasteiger charge is -2.13. The Kier molecular flexibility index (Phi) is 8.43. The third-order valence-electron chi connectivity index (χ3n) is 5.01. The summed E-state index contributed by atoms with van der Waals surface area (Å²) in [5, 5.41) is 6.34. The zero-order valence-corrected chi connectivity index (χ0v) is 23.8. The summed E-state index contributed by atoms with van der Waals surface area (Å²) in [6, 6.07) is 20.4. The number of nitrogens with one attached hydrogen (secondary N) is 2. The topological polar surface area (TPSA) is 50.4 Å². The molecular formula is C25H21Br2IN2O2S. The van der Waals surface area contributed by atoms with Gasteiger partial charge in [-0.15, -0.1) is 0 Å². The van der Waals surface area contributed by atoms with Gasteiger partial charge in [0.25, 0.3) is 5.91 Å². The van der Waals surface area contributed by atoms with E-state index in [2.05, 4.69) is 108 Å². The van der Waals surface area contributed by atoms with Crippen molar-refractivity contribution in [1.82, 2.24) is 5.32 Å². The average molecular weight is 700 g/mol. The number of carbonyl (C=O) groups is 1. The minimum absolute atomic E-state index is 0.0889. The number of hydrogen-bond donors (Lipinski definition) is 2. The second-order valence-electron chi connectivity index (χ2n) is 7.40. The van der Waals surface area contributed by atoms with Crippen molar-refractivity contribution in [2.24, 2.45) is 0 Å². The minimum Gasteiger partial charge on any atom is -0.487 e. The first-order chi connectivity index (χ1) is 15.9. The zero-order valence-electron chi connectivity index (χ0n) is 17.7. The van der Waals surface area contributed by atoms with E-state index in [0.717, 1.165) is 37.9 Å². The summed E-state index contributed by atoms with van der Waals surface area (Å²) in [5.74, 6) is 0.642. The van der Waals surface area contributed by atoms with Crippen LogP contribution in [0.1, 0.15) is 23.6 Å². The number of aryl methyl sites for hydroxylation is 1. The third kappa shape index (κ3) is 6.55. The Bertz CT molecular complexity index is 1160. The first-order valence-electron chi connectivity index (χ1n) is 10.3. The molecule has 3 aromatic rings. The van der Waals surface area contributed by atoms with Crippen molar-refractivity contribution in [1.29, 1.82) is 0 Å². The predicted molar refractivity (Wildman–Crippen MR) is 152 cm³/mol. The first-order valence-corrected chi connectivity index (χ1v) is 13.9. The smallest absolute Gasteiger partial charge is 0.260 e. The van der Waals surface area contributed by atoms with E-state index in [9.17, 15) is 4.79 Å². The van der Waals surface area contributed by atoms with Gasteiger partial charge in [0.1, 0.15) is 12.4 Å². The Morgan fingerprint density at radius 3 is 2.33 bits per heavy atom. The van der Waals surface area contributed by atoms with Crippen LogP contribution in [-0.4, -0.2) is 11.4 Å². The van der Waals surface area contributed by atoms with E-state index in [0.29, 0.717) is 11.5 Å². The van der Waals surface area contributed by atoms with Crippen molar-refractivity contribution in [2.45, 2.75) is 25.4 Å². The fraction of sp³-hybridized carbons (Fsp3) is 0.160. The maximum atomic E-state index is 12.5. The lowest BCUT2D eigenvalue weighted by Crippen LogP contribution is -2.30. The number of amides is 1. The average Bonchev–Trinajstić information content (AvgIpc) is 3.13. The van der Waals surface area contributed by atoms with Crippen LogP contribution in [0.25, 0.3) is 6.08 Å². The molecule has 1 amide bonds. The van der Waals surface area contributed by atoms with Gasteiger partial charge in [0.2, 0.25) is 0 Å². The molecule has 170 valence electrons. The van der Waals surface area contributed by atoms with Gasteiger partial charge in [0, 0.05) is 9.26 Å². The molecule has 0 spiro atoms. The Hall–Kier alpha value is -1.49. The molecule has 1 saturated heterocycles. The molecule has 1 heterocycles. The molecule has 0 saturated carbocycles. The van der Waals surface area contributed by atoms with Crippen LogP contribution in [0, 0.1) is 3.57 Å². The molecule has 1 fully saturated rings. The highest BCUT2D eigenvalue weighted by Crippen LogP contribution is 2.37. The number of halogens is 3. The normalized spacial score (nSPS) is 16.7. The number of thioether (sulfide) groups is 1. The Labute approximate surface area is 228 Å². The maximum Gasteiger partial charge on any atom is 0.260 e. The summed E-state index contributed by atoms with van der Waals surface area (Å²) in [6.07, 6.45) is 2.89. The largest absolute Gasteiger partial charge is 0.487 e. The van der Waals surface area contributed by atoms with Crippen LogP contribution in [-0.2, 0) is 17.8 Å². The monoisotopic (exact) mass is 698 g/mol. The van der Waals surface area contributed by atoms with Crippen LogP contribution in [0.5, 0.6) is 5.75 Å². The lowest BCUT2D eigenvalue weighted by molar-refractivity contribution is -0.116. The number of ether oxygens (including phenoxy) is 1. The summed E-state index contributed by atoms with van der Waals surface area (Å²) < 4.78 is 8.86. The summed E-state index contributed by atoms with van der Waals surface area (Å²) in [6.45, 7) is 2.60. The molecule has 3 aromatic carbocycles. The van der Waals surface area contributed by atoms with Gasteiger partial charge in [-0.1, -0.05) is 43.0 Å². The lowest BCUT2D eigenvalue weighted by atomic mass is 10.1. The summed E-state index contributed by atoms with van der Waals surface area (Å²) >= 11 is 11.0. The SMILES string of the molecule is CCc1ccc(N[C@@H]2NC(=O)/C(=C/c3cc(Br)c(OCc4ccc(I)cc4)c(Br)c3)S2)cc1. The minimum atomic E-state index is -0.209. The highest BCUT2D eigenvalue weighted by molar-refractivity contribution is 14.1. The Morgan fingerprint density at radius 2 is 1.70 bits per heavy atom. The molecule has 0 radical (unpaired) electrons. The standard InChI is InChI=1S/C25H21Br2IN2O2S/c1-2-15-5-9-19(10-6-15)29-25-30-24(31)22(33-25)13-17-11-20(26)23(21(27)12-17)32-14-16-3-7-18(28)8-4-16/h3-13,25,29H,2,14H2,1H3,(H,30,31)/b22-13-/t25-/m1/s1. The van der Waals surface area contributed by atoms with Crippen molar-refractivity contribution < 1.29 is 9.53 Å². The first kappa shape index (κ1) is 24.6. The molecule has 1 aliphatic heterocycles. The summed E-state index contributed by atoms with van der Waals surface area (Å²) in [7, 11) is 0. The van der Waals surface area contributed by atoms with Crippen LogP contribution in [0.2, 0.25) is 0 Å². The molecule has 0 aliphatic carbocycles. The summed E-state index contributed by atoms with van der Waals surface area (Å²) in [5.41, 5.74) is 4.06.